The van der Waals surface area contributed by atoms with Gasteiger partial charge in [-0.1, -0.05) is 120 Å². The van der Waals surface area contributed by atoms with Crippen LogP contribution in [0, 0.1) is 13.8 Å². The second kappa shape index (κ2) is 16.5. The summed E-state index contributed by atoms with van der Waals surface area (Å²) in [4.78, 5) is 9.35. The molecule has 0 N–H and O–H groups in total. The fourth-order valence-corrected chi connectivity index (χ4v) is 8.82. The molecule has 12 nitrogen and oxygen atoms in total. The van der Waals surface area contributed by atoms with Crippen LogP contribution in [0.15, 0.2) is 158 Å². The number of hydrogen-bond donors (Lipinski definition) is 0. The van der Waals surface area contributed by atoms with Crippen LogP contribution in [0.2, 0.25) is 0 Å². The molecule has 2 saturated carbocycles. The lowest BCUT2D eigenvalue weighted by molar-refractivity contribution is 0.414. The third-order valence-electron chi connectivity index (χ3n) is 13.0. The SMILES string of the molecule is COc1ccc(C2(c3nnc4nc(-c5cccc(-c6ccc(C)cc6)c5)cnn34)CC2)cc1.COc1ccc(C2(c3nnc4ncc(-c5cccc(-c6ccc(C)cc6)c5)nn34)CC2)cc1. The summed E-state index contributed by atoms with van der Waals surface area (Å²) in [5, 5.41) is 27.3. The van der Waals surface area contributed by atoms with E-state index < -0.39 is 0 Å². The predicted octanol–water partition coefficient (Wildman–Crippen LogP) is 10.5. The summed E-state index contributed by atoms with van der Waals surface area (Å²) in [5.41, 5.74) is 12.8. The van der Waals surface area contributed by atoms with Crippen molar-refractivity contribution in [2.24, 2.45) is 0 Å². The lowest BCUT2D eigenvalue weighted by Gasteiger charge is -2.14. The molecule has 0 saturated heterocycles. The van der Waals surface area contributed by atoms with Crippen molar-refractivity contribution < 1.29 is 9.47 Å². The van der Waals surface area contributed by atoms with E-state index in [1.807, 2.05) is 28.8 Å². The molecule has 0 amide bonds. The first kappa shape index (κ1) is 40.6. The Labute approximate surface area is 382 Å². The number of hydrogen-bond acceptors (Lipinski definition) is 10. The van der Waals surface area contributed by atoms with Gasteiger partial charge in [0.15, 0.2) is 11.6 Å². The number of methoxy groups -OCH3 is 2. The Balaban J connectivity index is 0.000000146. The molecule has 6 aromatic carbocycles. The summed E-state index contributed by atoms with van der Waals surface area (Å²) >= 11 is 0. The molecule has 2 fully saturated rings. The van der Waals surface area contributed by atoms with Gasteiger partial charge in [0.25, 0.3) is 11.6 Å². The number of aromatic nitrogens is 10. The van der Waals surface area contributed by atoms with E-state index >= 15 is 0 Å². The highest BCUT2D eigenvalue weighted by atomic mass is 16.5. The summed E-state index contributed by atoms with van der Waals surface area (Å²) in [6, 6.07) is 50.2. The first-order valence-electron chi connectivity index (χ1n) is 22.1. The highest BCUT2D eigenvalue weighted by molar-refractivity contribution is 5.73. The molecule has 0 radical (unpaired) electrons. The van der Waals surface area contributed by atoms with E-state index in [0.29, 0.717) is 11.6 Å². The van der Waals surface area contributed by atoms with Crippen LogP contribution in [-0.4, -0.2) is 63.8 Å². The van der Waals surface area contributed by atoms with Crippen molar-refractivity contribution in [3.05, 3.63) is 192 Å². The molecular formula is C54H46N10O2. The Morgan fingerprint density at radius 2 is 0.924 bits per heavy atom. The van der Waals surface area contributed by atoms with Crippen LogP contribution in [0.5, 0.6) is 11.5 Å². The van der Waals surface area contributed by atoms with Gasteiger partial charge in [-0.05, 0) is 109 Å². The highest BCUT2D eigenvalue weighted by Gasteiger charge is 2.51. The Morgan fingerprint density at radius 3 is 1.42 bits per heavy atom. The summed E-state index contributed by atoms with van der Waals surface area (Å²) in [7, 11) is 3.36. The quantitative estimate of drug-likeness (QED) is 0.131. The zero-order chi connectivity index (χ0) is 44.8. The molecule has 0 aliphatic heterocycles. The molecule has 0 spiro atoms. The van der Waals surface area contributed by atoms with Crippen LogP contribution in [0.25, 0.3) is 56.3 Å². The van der Waals surface area contributed by atoms with Gasteiger partial charge >= 0.3 is 0 Å². The first-order chi connectivity index (χ1) is 32.3. The number of nitrogens with zero attached hydrogens (tertiary/aromatic N) is 10. The summed E-state index contributed by atoms with van der Waals surface area (Å²) in [6.07, 6.45) is 7.63. The van der Waals surface area contributed by atoms with E-state index in [4.69, 9.17) is 24.7 Å². The molecule has 4 heterocycles. The van der Waals surface area contributed by atoms with E-state index in [0.717, 1.165) is 82.5 Å². The van der Waals surface area contributed by atoms with Crippen LogP contribution in [0.1, 0.15) is 59.6 Å². The molecule has 0 atom stereocenters. The second-order valence-corrected chi connectivity index (χ2v) is 17.3. The maximum Gasteiger partial charge on any atom is 0.272 e. The molecule has 66 heavy (non-hydrogen) atoms. The van der Waals surface area contributed by atoms with Crippen molar-refractivity contribution >= 4 is 11.6 Å². The zero-order valence-electron chi connectivity index (χ0n) is 37.1. The van der Waals surface area contributed by atoms with Gasteiger partial charge in [-0.25, -0.2) is 9.97 Å². The van der Waals surface area contributed by atoms with Crippen molar-refractivity contribution in [3.8, 4) is 56.3 Å². The minimum atomic E-state index is -0.178. The fraction of sp³-hybridized carbons (Fsp3) is 0.185. The summed E-state index contributed by atoms with van der Waals surface area (Å²) in [6.45, 7) is 4.19. The van der Waals surface area contributed by atoms with Gasteiger partial charge in [-0.15, -0.1) is 20.4 Å². The van der Waals surface area contributed by atoms with Gasteiger partial charge in [0.2, 0.25) is 0 Å². The average Bonchev–Trinajstić information content (AvgIpc) is 4.28. The van der Waals surface area contributed by atoms with Crippen LogP contribution >= 0.6 is 0 Å². The molecule has 10 aromatic rings. The molecule has 12 heteroatoms. The number of rotatable bonds is 10. The standard InChI is InChI=1S/2C27H23N5O/c1-18-6-8-19(9-7-18)20-4-3-5-21(16-20)24-17-28-32-25(30-31-26(32)29-24)27(14-15-27)22-10-12-23(33-2)13-11-22;1-18-6-8-19(9-7-18)20-4-3-5-21(16-20)24-17-28-26-30-29-25(32(26)31-24)27(14-15-27)22-10-12-23(33-2)13-11-22/h2*3-13,16-17H,14-15H2,1-2H3. The number of ether oxygens (including phenoxy) is 2. The zero-order valence-corrected chi connectivity index (χ0v) is 37.1. The largest absolute Gasteiger partial charge is 0.497 e. The fourth-order valence-electron chi connectivity index (χ4n) is 8.82. The lowest BCUT2D eigenvalue weighted by Crippen LogP contribution is -2.15. The molecular weight excluding hydrogens is 821 g/mol. The lowest BCUT2D eigenvalue weighted by atomic mass is 9.95. The van der Waals surface area contributed by atoms with Crippen LogP contribution < -0.4 is 9.47 Å². The van der Waals surface area contributed by atoms with E-state index in [1.54, 1.807) is 31.1 Å². The first-order valence-corrected chi connectivity index (χ1v) is 22.1. The van der Waals surface area contributed by atoms with E-state index in [2.05, 4.69) is 161 Å². The Hall–Kier alpha value is -8.12. The topological polar surface area (TPSA) is 130 Å². The molecule has 0 unspecified atom stereocenters. The molecule has 4 aromatic heterocycles. The predicted molar refractivity (Wildman–Crippen MR) is 254 cm³/mol. The maximum atomic E-state index is 5.32. The molecule has 12 rings (SSSR count). The van der Waals surface area contributed by atoms with Crippen molar-refractivity contribution in [2.75, 3.05) is 14.2 Å². The highest BCUT2D eigenvalue weighted by Crippen LogP contribution is 2.54. The third kappa shape index (κ3) is 7.49. The minimum absolute atomic E-state index is 0.159. The van der Waals surface area contributed by atoms with Gasteiger partial charge in [0, 0.05) is 11.1 Å². The smallest absolute Gasteiger partial charge is 0.272 e. The van der Waals surface area contributed by atoms with Gasteiger partial charge in [0.05, 0.1) is 43.1 Å². The Bertz CT molecular complexity index is 3350. The van der Waals surface area contributed by atoms with Crippen molar-refractivity contribution in [1.82, 2.24) is 49.6 Å². The van der Waals surface area contributed by atoms with Gasteiger partial charge < -0.3 is 9.47 Å². The molecule has 0 bridgehead atoms. The van der Waals surface area contributed by atoms with E-state index in [9.17, 15) is 0 Å². The second-order valence-electron chi connectivity index (χ2n) is 17.3. The average molecular weight is 867 g/mol. The maximum absolute atomic E-state index is 5.32. The Morgan fingerprint density at radius 1 is 0.455 bits per heavy atom. The molecule has 324 valence electrons. The van der Waals surface area contributed by atoms with Crippen LogP contribution in [0.3, 0.4) is 0 Å². The van der Waals surface area contributed by atoms with Gasteiger partial charge in [0.1, 0.15) is 17.2 Å². The number of benzene rings is 6. The van der Waals surface area contributed by atoms with Crippen LogP contribution in [-0.2, 0) is 10.8 Å². The minimum Gasteiger partial charge on any atom is -0.497 e. The number of aryl methyl sites for hydroxylation is 2. The van der Waals surface area contributed by atoms with Gasteiger partial charge in [-0.3, -0.25) is 0 Å². The summed E-state index contributed by atoms with van der Waals surface area (Å²) in [5.74, 6) is 4.40. The van der Waals surface area contributed by atoms with Crippen molar-refractivity contribution in [2.45, 2.75) is 50.4 Å². The van der Waals surface area contributed by atoms with E-state index in [-0.39, 0.29) is 10.8 Å². The third-order valence-corrected chi connectivity index (χ3v) is 13.0. The normalized spacial score (nSPS) is 14.4. The molecule has 2 aliphatic rings. The number of fused-ring (bicyclic) bond motifs is 2. The van der Waals surface area contributed by atoms with Gasteiger partial charge in [-0.2, -0.15) is 19.2 Å². The van der Waals surface area contributed by atoms with Crippen LogP contribution in [0.4, 0.5) is 0 Å². The molecule has 2 aliphatic carbocycles. The van der Waals surface area contributed by atoms with Crippen molar-refractivity contribution in [3.63, 3.8) is 0 Å². The Kier molecular flexibility index (Phi) is 10.1. The van der Waals surface area contributed by atoms with Crippen molar-refractivity contribution in [1.29, 1.82) is 0 Å². The van der Waals surface area contributed by atoms with E-state index in [1.165, 1.54) is 33.4 Å². The summed E-state index contributed by atoms with van der Waals surface area (Å²) < 4.78 is 14.2. The monoisotopic (exact) mass is 866 g/mol.